The van der Waals surface area contributed by atoms with Gasteiger partial charge in [-0.2, -0.15) is 49.9 Å². The van der Waals surface area contributed by atoms with Crippen LogP contribution < -0.4 is 58.5 Å². The molecule has 6 heterocycles. The number of alkyl halides is 6. The summed E-state index contributed by atoms with van der Waals surface area (Å²) in [4.78, 5) is 125. The van der Waals surface area contributed by atoms with Crippen LogP contribution in [0.1, 0.15) is 251 Å². The van der Waals surface area contributed by atoms with Crippen LogP contribution in [0.3, 0.4) is 0 Å². The van der Waals surface area contributed by atoms with Crippen LogP contribution in [-0.2, 0) is 49.6 Å². The van der Waals surface area contributed by atoms with Crippen molar-refractivity contribution in [1.82, 2.24) is 58.5 Å². The third-order valence-electron chi connectivity index (χ3n) is 25.1. The second-order valence-electron chi connectivity index (χ2n) is 35.0. The Hall–Kier alpha value is -8.72. The first-order chi connectivity index (χ1) is 61.5. The molecule has 6 aliphatic heterocycles. The molecular formula is C90H135F6N15O15S2. The Morgan fingerprint density at radius 2 is 1.09 bits per heavy atom. The number of allylic oxidation sites excluding steroid dienone is 3. The lowest BCUT2D eigenvalue weighted by molar-refractivity contribution is -0.166. The van der Waals surface area contributed by atoms with E-state index in [4.69, 9.17) is 17.3 Å². The summed E-state index contributed by atoms with van der Waals surface area (Å²) in [6.07, 6.45) is 10.7. The van der Waals surface area contributed by atoms with Gasteiger partial charge in [0.2, 0.25) is 29.5 Å². The van der Waals surface area contributed by atoms with E-state index in [2.05, 4.69) is 112 Å². The number of carboxylic acids is 1. The zero-order valence-electron chi connectivity index (χ0n) is 75.6. The summed E-state index contributed by atoms with van der Waals surface area (Å²) in [7, 11) is 2.50. The molecule has 4 unspecified atom stereocenters. The first-order valence-corrected chi connectivity index (χ1v) is 46.0. The van der Waals surface area contributed by atoms with Crippen molar-refractivity contribution >= 4 is 82.9 Å². The predicted molar refractivity (Wildman–Crippen MR) is 477 cm³/mol. The van der Waals surface area contributed by atoms with Crippen LogP contribution in [0.2, 0.25) is 0 Å². The van der Waals surface area contributed by atoms with Crippen molar-refractivity contribution < 1.29 is 102 Å². The van der Waals surface area contributed by atoms with Gasteiger partial charge in [-0.25, -0.2) is 9.59 Å². The number of amides is 11. The van der Waals surface area contributed by atoms with Crippen LogP contribution in [0.25, 0.3) is 0 Å². The van der Waals surface area contributed by atoms with Crippen molar-refractivity contribution in [2.75, 3.05) is 64.1 Å². The lowest BCUT2D eigenvalue weighted by Crippen LogP contribution is -2.48. The number of aliphatic carboxylic acids is 1. The highest BCUT2D eigenvalue weighted by molar-refractivity contribution is 8.00. The second-order valence-corrected chi connectivity index (χ2v) is 37.6. The molecule has 9 aliphatic rings. The Bertz CT molecular complexity index is 4220. The molecule has 2 aromatic rings. The molecule has 3 aliphatic carbocycles. The highest BCUT2D eigenvalue weighted by atomic mass is 32.2. The van der Waals surface area contributed by atoms with Crippen LogP contribution >= 0.6 is 23.5 Å². The van der Waals surface area contributed by atoms with Crippen molar-refractivity contribution in [2.24, 2.45) is 43.6 Å². The molecule has 11 amide bonds. The molecule has 0 bridgehead atoms. The van der Waals surface area contributed by atoms with Crippen LogP contribution in [0, 0.1) is 23.2 Å². The predicted octanol–water partition coefficient (Wildman–Crippen LogP) is 12.8. The number of hydrogen-bond donors (Lipinski definition) is 14. The molecule has 11 rings (SSSR count). The third kappa shape index (κ3) is 30.2. The normalized spacial score (nSPS) is 25.0. The summed E-state index contributed by atoms with van der Waals surface area (Å²) in [6.45, 7) is 15.7. The maximum Gasteiger partial charge on any atom is 0.442 e. The first-order valence-electron chi connectivity index (χ1n) is 45.9. The number of carbonyl (C=O) groups is 10. The largest absolute Gasteiger partial charge is 0.481 e. The van der Waals surface area contributed by atoms with E-state index in [9.17, 15) is 84.5 Å². The van der Waals surface area contributed by atoms with E-state index in [0.29, 0.717) is 118 Å². The number of nitrogens with one attached hydrogen (secondary N) is 11. The van der Waals surface area contributed by atoms with Crippen LogP contribution in [0.4, 0.5) is 35.9 Å². The highest BCUT2D eigenvalue weighted by Gasteiger charge is 2.66. The van der Waals surface area contributed by atoms with E-state index in [-0.39, 0.29) is 122 Å². The Morgan fingerprint density at radius 3 is 1.52 bits per heavy atom. The van der Waals surface area contributed by atoms with Crippen LogP contribution in [-0.4, -0.2) is 216 Å². The van der Waals surface area contributed by atoms with Gasteiger partial charge >= 0.3 is 41.7 Å². The Labute approximate surface area is 758 Å². The quantitative estimate of drug-likeness (QED) is 0.0166. The number of benzene rings is 2. The van der Waals surface area contributed by atoms with E-state index in [0.717, 1.165) is 131 Å². The first kappa shape index (κ1) is 103. The minimum absolute atomic E-state index is 0. The number of carbonyl (C=O) groups excluding carboxylic acids is 9. The van der Waals surface area contributed by atoms with E-state index in [1.165, 1.54) is 45.4 Å². The zero-order chi connectivity index (χ0) is 94.3. The SMILES string of the molecule is C.C=C1/C(=C\C=C2/CCC[C@]3(C)[C@@H]([C@H](C)CCCC(C)(C)O)CC[C@@H]23)CC(O)C[C@@H]1NC(=O)CCC(NC(=O)c1ccc(C2(C(F)(F)F)N=N2)cc1)C(=O)NCCCOCCCNC(=O)CCCCC1SC[C@@H]2NC(=O)N[C@H]12.O=C(O)CCC(NC(=O)c1ccc(C2(C(F)(F)F)N=N2)cc1)C(=O)NCCCOCCCNC(=O)CCCC[C@@H]1SC[C@@H]2NC(=O)N[C@@H]21.[2H]C.[3H]C. The molecule has 14 N–H and O–H groups in total. The van der Waals surface area contributed by atoms with Gasteiger partial charge in [0.1, 0.15) is 12.1 Å². The standard InChI is InChI=1S/C57H83F3N8O8S.C30H40F3N7O7S.3CH4/c1-35(12-8-26-54(3,4)75)42-22-23-43-37(13-9-27-55(42,43)5)16-17-39-32-41(69)33-45(36(39)2)63-49(71)25-24-44(64-51(72)38-18-20-40(21-19-38)56(67-68-56)57(58,59)60)52(73)62-29-11-31-76-30-10-28-61-48(70)15-7-6-14-47-50-46(34-77-47)65-53(74)66-50;31-30(32,33)29(39-40-29)19-9-7-18(8-10-19)26(44)36-20(11-12-24(42)43)27(45)35-14-4-16-47-15-3-13-34-23(41)6-2-1-5-22-25-21(17-48-22)37-28(46)38-25;;;/h16-21,35,41-47,50,69,75H,2,6-15,22-34H2,1,3-5H3,(H,61,70)(H,62,73)(H,63,71)(H,64,72)(H2,65,66,74);7-10,20-22,25H,1-6,11-17H2,(H,34,41)(H,35,45)(H,36,44)(H,42,43)(H2,37,38,46);3*1H4/b37-16+,39-17-;;;;/t35-,41?,42-,43+,44?,45+,46+,47?,50+,55-;20?,21-,22-,25-;;;/m10.../s1/i;;1T;1D;. The number of fused-ring (bicyclic) bond motifs is 3. The molecule has 7 fully saturated rings. The minimum atomic E-state index is -4.74. The van der Waals surface area contributed by atoms with Gasteiger partial charge in [-0.3, -0.25) is 38.4 Å². The zero-order valence-corrected chi connectivity index (χ0v) is 75.2. The molecule has 0 radical (unpaired) electrons. The van der Waals surface area contributed by atoms with E-state index >= 15 is 0 Å². The Morgan fingerprint density at radius 1 is 0.633 bits per heavy atom. The average molecular weight is 1850 g/mol. The van der Waals surface area contributed by atoms with Gasteiger partial charge in [0.25, 0.3) is 11.8 Å². The fraction of sp³-hybridized carbons (Fsp3) is 0.689. The number of aliphatic hydroxyl groups excluding tert-OH is 1. The second kappa shape index (κ2) is 49.0. The highest BCUT2D eigenvalue weighted by Crippen LogP contribution is 2.60. The van der Waals surface area contributed by atoms with Crippen molar-refractivity contribution in [2.45, 2.75) is 305 Å². The van der Waals surface area contributed by atoms with E-state index in [1.807, 2.05) is 37.4 Å². The van der Waals surface area contributed by atoms with Crippen molar-refractivity contribution in [1.29, 1.82) is 0 Å². The van der Waals surface area contributed by atoms with Gasteiger partial charge in [0, 0.05) is 125 Å². The summed E-state index contributed by atoms with van der Waals surface area (Å²) in [5.41, 5.74) is -3.26. The summed E-state index contributed by atoms with van der Waals surface area (Å²) in [6, 6.07) is 6.66. The number of aliphatic hydroxyl groups is 2. The molecular weight excluding hydrogens is 1710 g/mol. The maximum atomic E-state index is 13.7. The van der Waals surface area contributed by atoms with Gasteiger partial charge in [-0.05, 0) is 188 Å². The number of halogens is 6. The molecule has 128 heavy (non-hydrogen) atoms. The molecule has 4 saturated heterocycles. The molecule has 38 heteroatoms. The Balaban J connectivity index is 0.000000375. The smallest absolute Gasteiger partial charge is 0.442 e. The molecule has 3 saturated carbocycles. The molecule has 0 spiro atoms. The lowest BCUT2D eigenvalue weighted by atomic mass is 9.60. The number of unbranched alkanes of at least 4 members (excludes halogenated alkanes) is 2. The number of carboxylic acid groups (broad SMARTS) is 1. The molecule has 0 aromatic heterocycles. The number of nitrogens with zero attached hydrogens (tertiary/aromatic N) is 4. The summed E-state index contributed by atoms with van der Waals surface area (Å²) >= 11 is 3.71. The summed E-state index contributed by atoms with van der Waals surface area (Å²) in [5.74, 6) is -0.808. The van der Waals surface area contributed by atoms with Gasteiger partial charge in [0.05, 0.1) is 41.9 Å². The Kier molecular flexibility index (Phi) is 39.4. The number of hydrogen-bond acceptors (Lipinski definition) is 20. The third-order valence-corrected chi connectivity index (χ3v) is 28.1. The molecule has 30 nitrogen and oxygen atoms in total. The average Bonchev–Trinajstić information content (AvgIpc) is 1.59. The lowest BCUT2D eigenvalue weighted by Gasteiger charge is -2.44. The monoisotopic (exact) mass is 1850 g/mol. The van der Waals surface area contributed by atoms with Crippen molar-refractivity contribution in [3.8, 4) is 0 Å². The van der Waals surface area contributed by atoms with Gasteiger partial charge in [-0.1, -0.05) is 110 Å². The number of rotatable bonds is 47. The number of thioether (sulfide) groups is 2. The van der Waals surface area contributed by atoms with Crippen LogP contribution in [0.5, 0.6) is 0 Å². The van der Waals surface area contributed by atoms with E-state index in [1.54, 1.807) is 0 Å². The fourth-order valence-corrected chi connectivity index (χ4v) is 21.2. The topological polar surface area (TPSA) is 432 Å². The number of ether oxygens (including phenoxy) is 2. The van der Waals surface area contributed by atoms with Crippen molar-refractivity contribution in [3.63, 3.8) is 0 Å². The maximum absolute atomic E-state index is 13.7. The summed E-state index contributed by atoms with van der Waals surface area (Å²) in [5, 5.41) is 74.9. The molecule has 14 atom stereocenters. The van der Waals surface area contributed by atoms with E-state index < -0.39 is 95.4 Å². The minimum Gasteiger partial charge on any atom is -0.481 e. The molecule has 714 valence electrons. The van der Waals surface area contributed by atoms with Gasteiger partial charge in [0.15, 0.2) is 0 Å². The van der Waals surface area contributed by atoms with Gasteiger partial charge in [-0.15, -0.1) is 20.5 Å². The molecule has 2 aromatic carbocycles. The summed E-state index contributed by atoms with van der Waals surface area (Å²) < 4.78 is 103. The van der Waals surface area contributed by atoms with Crippen LogP contribution in [0.15, 0.2) is 104 Å². The van der Waals surface area contributed by atoms with Gasteiger partial charge < -0.3 is 83.3 Å². The number of urea groups is 2. The fourth-order valence-electron chi connectivity index (χ4n) is 18.1. The van der Waals surface area contributed by atoms with Crippen molar-refractivity contribution in [3.05, 3.63) is 106 Å².